The van der Waals surface area contributed by atoms with E-state index in [2.05, 4.69) is 60.8 Å². The molecule has 1 aromatic carbocycles. The summed E-state index contributed by atoms with van der Waals surface area (Å²) in [7, 11) is 2.05. The summed E-state index contributed by atoms with van der Waals surface area (Å²) in [5, 5.41) is 16.6. The second-order valence-corrected chi connectivity index (χ2v) is 7.80. The first-order valence-electron chi connectivity index (χ1n) is 7.76. The van der Waals surface area contributed by atoms with Gasteiger partial charge in [0.2, 0.25) is 0 Å². The van der Waals surface area contributed by atoms with Crippen LogP contribution in [0.15, 0.2) is 18.2 Å². The fraction of sp³-hybridized carbons (Fsp3) is 0.529. The van der Waals surface area contributed by atoms with Crippen molar-refractivity contribution in [2.45, 2.75) is 45.2 Å². The zero-order valence-electron chi connectivity index (χ0n) is 13.3. The molecule has 1 aliphatic rings. The molecule has 1 fully saturated rings. The zero-order valence-corrected chi connectivity index (χ0v) is 14.1. The van der Waals surface area contributed by atoms with Gasteiger partial charge in [-0.15, -0.1) is 11.3 Å². The number of hydrogen-bond donors (Lipinski definition) is 2. The van der Waals surface area contributed by atoms with E-state index in [4.69, 9.17) is 5.26 Å². The summed E-state index contributed by atoms with van der Waals surface area (Å²) in [5.74, 6) is 0. The third-order valence-electron chi connectivity index (χ3n) is 4.75. The summed E-state index contributed by atoms with van der Waals surface area (Å²) >= 11 is 1.45. The van der Waals surface area contributed by atoms with Gasteiger partial charge in [-0.1, -0.05) is 13.8 Å². The zero-order chi connectivity index (χ0) is 15.7. The highest BCUT2D eigenvalue weighted by atomic mass is 32.1. The van der Waals surface area contributed by atoms with E-state index < -0.39 is 0 Å². The lowest BCUT2D eigenvalue weighted by molar-refractivity contribution is 0.181. The molecule has 1 heterocycles. The molecule has 3 rings (SSSR count). The highest BCUT2D eigenvalue weighted by Gasteiger charge is 2.36. The van der Waals surface area contributed by atoms with Gasteiger partial charge in [0.15, 0.2) is 5.01 Å². The molecule has 2 atom stereocenters. The highest BCUT2D eigenvalue weighted by molar-refractivity contribution is 7.19. The van der Waals surface area contributed by atoms with Crippen molar-refractivity contribution >= 4 is 27.2 Å². The number of hydrogen-bond acceptors (Lipinski definition) is 5. The van der Waals surface area contributed by atoms with Crippen molar-refractivity contribution in [1.29, 1.82) is 5.26 Å². The summed E-state index contributed by atoms with van der Waals surface area (Å²) in [6.07, 6.45) is 3.55. The van der Waals surface area contributed by atoms with Crippen molar-refractivity contribution in [2.24, 2.45) is 5.41 Å². The van der Waals surface area contributed by atoms with Crippen LogP contribution >= 0.6 is 11.3 Å². The lowest BCUT2D eigenvalue weighted by atomic mass is 9.71. The maximum absolute atomic E-state index is 8.96. The highest BCUT2D eigenvalue weighted by Crippen LogP contribution is 2.38. The second kappa shape index (κ2) is 5.86. The van der Waals surface area contributed by atoms with E-state index in [1.54, 1.807) is 0 Å². The normalized spacial score (nSPS) is 24.1. The Morgan fingerprint density at radius 1 is 1.36 bits per heavy atom. The molecule has 1 saturated carbocycles. The van der Waals surface area contributed by atoms with Crippen LogP contribution < -0.4 is 10.6 Å². The Morgan fingerprint density at radius 3 is 2.86 bits per heavy atom. The number of aromatic nitrogens is 1. The molecule has 116 valence electrons. The van der Waals surface area contributed by atoms with Gasteiger partial charge >= 0.3 is 0 Å². The largest absolute Gasteiger partial charge is 0.382 e. The summed E-state index contributed by atoms with van der Waals surface area (Å²) in [6, 6.07) is 9.42. The Kier molecular flexibility index (Phi) is 4.07. The quantitative estimate of drug-likeness (QED) is 0.906. The molecule has 1 unspecified atom stereocenters. The van der Waals surface area contributed by atoms with E-state index in [9.17, 15) is 0 Å². The molecule has 2 aromatic rings. The van der Waals surface area contributed by atoms with Crippen LogP contribution in [-0.4, -0.2) is 24.1 Å². The van der Waals surface area contributed by atoms with Gasteiger partial charge in [-0.2, -0.15) is 5.26 Å². The molecule has 22 heavy (non-hydrogen) atoms. The molecule has 1 aromatic heterocycles. The molecule has 0 radical (unpaired) electrons. The Morgan fingerprint density at radius 2 is 2.18 bits per heavy atom. The van der Waals surface area contributed by atoms with Gasteiger partial charge < -0.3 is 10.6 Å². The maximum atomic E-state index is 8.96. The summed E-state index contributed by atoms with van der Waals surface area (Å²) in [6.45, 7) is 4.67. The standard InChI is InChI=1S/C17H22N4S/c1-17(2)9-12(19-3)5-7-15(17)20-11-4-6-14-13(8-11)21-16(10-18)22-14/h4,6,8,12,15,19-20H,5,7,9H2,1-3H3/t12?,15-/m1/s1. The second-order valence-electron chi connectivity index (χ2n) is 6.77. The van der Waals surface area contributed by atoms with Crippen LogP contribution in [0, 0.1) is 16.7 Å². The van der Waals surface area contributed by atoms with Crippen LogP contribution in [-0.2, 0) is 0 Å². The number of nitrogens with zero attached hydrogens (tertiary/aromatic N) is 2. The molecule has 2 N–H and O–H groups in total. The van der Waals surface area contributed by atoms with Crippen LogP contribution in [0.5, 0.6) is 0 Å². The Bertz CT molecular complexity index is 713. The van der Waals surface area contributed by atoms with Gasteiger partial charge in [0.1, 0.15) is 6.07 Å². The average molecular weight is 314 g/mol. The lowest BCUT2D eigenvalue weighted by Gasteiger charge is -2.43. The van der Waals surface area contributed by atoms with Crippen molar-refractivity contribution in [2.75, 3.05) is 12.4 Å². The Labute approximate surface area is 135 Å². The summed E-state index contributed by atoms with van der Waals surface area (Å²) < 4.78 is 1.07. The first-order chi connectivity index (χ1) is 10.5. The molecular formula is C17H22N4S. The van der Waals surface area contributed by atoms with E-state index in [0.717, 1.165) is 22.3 Å². The topological polar surface area (TPSA) is 60.7 Å². The molecule has 0 bridgehead atoms. The monoisotopic (exact) mass is 314 g/mol. The molecule has 4 nitrogen and oxygen atoms in total. The number of nitrogens with one attached hydrogen (secondary N) is 2. The number of anilines is 1. The van der Waals surface area contributed by atoms with Gasteiger partial charge in [-0.25, -0.2) is 4.98 Å². The van der Waals surface area contributed by atoms with Gasteiger partial charge in [-0.05, 0) is 49.9 Å². The van der Waals surface area contributed by atoms with Gasteiger partial charge in [0, 0.05) is 17.8 Å². The van der Waals surface area contributed by atoms with Crippen molar-refractivity contribution in [3.8, 4) is 6.07 Å². The number of thiazole rings is 1. The van der Waals surface area contributed by atoms with E-state index in [0.29, 0.717) is 17.1 Å². The van der Waals surface area contributed by atoms with Crippen LogP contribution in [0.3, 0.4) is 0 Å². The lowest BCUT2D eigenvalue weighted by Crippen LogP contribution is -2.46. The van der Waals surface area contributed by atoms with E-state index in [1.807, 2.05) is 0 Å². The number of nitriles is 1. The van der Waals surface area contributed by atoms with Gasteiger partial charge in [0.05, 0.1) is 10.2 Å². The summed E-state index contributed by atoms with van der Waals surface area (Å²) in [4.78, 5) is 4.35. The Hall–Kier alpha value is -1.64. The molecule has 0 aliphatic heterocycles. The molecule has 0 saturated heterocycles. The van der Waals surface area contributed by atoms with Crippen LogP contribution in [0.25, 0.3) is 10.2 Å². The smallest absolute Gasteiger partial charge is 0.195 e. The van der Waals surface area contributed by atoms with Crippen molar-refractivity contribution in [3.63, 3.8) is 0 Å². The maximum Gasteiger partial charge on any atom is 0.195 e. The fourth-order valence-corrected chi connectivity index (χ4v) is 4.16. The molecule has 0 amide bonds. The third kappa shape index (κ3) is 2.94. The average Bonchev–Trinajstić information content (AvgIpc) is 2.91. The van der Waals surface area contributed by atoms with Gasteiger partial charge in [0.25, 0.3) is 0 Å². The number of rotatable bonds is 3. The first-order valence-corrected chi connectivity index (χ1v) is 8.58. The molecule has 5 heteroatoms. The minimum atomic E-state index is 0.251. The van der Waals surface area contributed by atoms with Gasteiger partial charge in [-0.3, -0.25) is 0 Å². The predicted octanol–water partition coefficient (Wildman–Crippen LogP) is 3.75. The first kappa shape index (κ1) is 15.3. The predicted molar refractivity (Wildman–Crippen MR) is 92.2 cm³/mol. The van der Waals surface area contributed by atoms with E-state index in [1.165, 1.54) is 24.2 Å². The van der Waals surface area contributed by atoms with Crippen molar-refractivity contribution in [1.82, 2.24) is 10.3 Å². The summed E-state index contributed by atoms with van der Waals surface area (Å²) in [5.41, 5.74) is 2.26. The van der Waals surface area contributed by atoms with Crippen LogP contribution in [0.4, 0.5) is 5.69 Å². The SMILES string of the molecule is CNC1CC[C@@H](Nc2ccc3sc(C#N)nc3c2)C(C)(C)C1. The van der Waals surface area contributed by atoms with Crippen LogP contribution in [0.2, 0.25) is 0 Å². The molecule has 1 aliphatic carbocycles. The fourth-order valence-electron chi connectivity index (χ4n) is 3.42. The number of fused-ring (bicyclic) bond motifs is 1. The third-order valence-corrected chi connectivity index (χ3v) is 5.69. The van der Waals surface area contributed by atoms with E-state index in [-0.39, 0.29) is 5.41 Å². The molecule has 0 spiro atoms. The minimum absolute atomic E-state index is 0.251. The van der Waals surface area contributed by atoms with Crippen molar-refractivity contribution < 1.29 is 0 Å². The van der Waals surface area contributed by atoms with Crippen molar-refractivity contribution in [3.05, 3.63) is 23.2 Å². The minimum Gasteiger partial charge on any atom is -0.382 e. The van der Waals surface area contributed by atoms with E-state index >= 15 is 0 Å². The van der Waals surface area contributed by atoms with Crippen LogP contribution in [0.1, 0.15) is 38.1 Å². The Balaban J connectivity index is 1.79. The molecular weight excluding hydrogens is 292 g/mol. The number of benzene rings is 1.